The minimum Gasteiger partial charge on any atom is -0.396 e. The Labute approximate surface area is 85.2 Å². The molecule has 1 aromatic carbocycles. The summed E-state index contributed by atoms with van der Waals surface area (Å²) in [7, 11) is 0. The summed E-state index contributed by atoms with van der Waals surface area (Å²) in [4.78, 5) is 0. The molecule has 0 fully saturated rings. The zero-order valence-corrected chi connectivity index (χ0v) is 8.61. The van der Waals surface area contributed by atoms with Crippen LogP contribution in [0, 0.1) is 0 Å². The lowest BCUT2D eigenvalue weighted by Gasteiger charge is -2.14. The lowest BCUT2D eigenvalue weighted by molar-refractivity contribution is 0.165. The van der Waals surface area contributed by atoms with E-state index in [1.165, 1.54) is 0 Å². The van der Waals surface area contributed by atoms with Gasteiger partial charge in [-0.2, -0.15) is 0 Å². The lowest BCUT2D eigenvalue weighted by Crippen LogP contribution is -2.03. The Hall–Kier alpha value is -0.860. The number of aliphatic hydroxyl groups excluding tert-OH is 2. The van der Waals surface area contributed by atoms with Gasteiger partial charge in [-0.05, 0) is 24.0 Å². The minimum absolute atomic E-state index is 0.135. The Morgan fingerprint density at radius 1 is 1.29 bits per heavy atom. The van der Waals surface area contributed by atoms with E-state index in [0.29, 0.717) is 6.42 Å². The quantitative estimate of drug-likeness (QED) is 0.753. The summed E-state index contributed by atoms with van der Waals surface area (Å²) < 4.78 is 0. The van der Waals surface area contributed by atoms with E-state index in [9.17, 15) is 5.11 Å². The maximum Gasteiger partial charge on any atom is 0.0792 e. The molecule has 0 aliphatic rings. The second kappa shape index (κ2) is 5.78. The highest BCUT2D eigenvalue weighted by molar-refractivity contribution is 5.29. The largest absolute Gasteiger partial charge is 0.396 e. The van der Waals surface area contributed by atoms with Gasteiger partial charge >= 0.3 is 0 Å². The number of aliphatic hydroxyl groups is 2. The lowest BCUT2D eigenvalue weighted by atomic mass is 9.98. The second-order valence-electron chi connectivity index (χ2n) is 3.48. The smallest absolute Gasteiger partial charge is 0.0792 e. The van der Waals surface area contributed by atoms with Crippen LogP contribution in [-0.2, 0) is 6.42 Å². The Morgan fingerprint density at radius 2 is 2.00 bits per heavy atom. The van der Waals surface area contributed by atoms with Crippen molar-refractivity contribution >= 4 is 0 Å². The molecule has 0 radical (unpaired) electrons. The molecule has 0 aliphatic heterocycles. The number of hydrogen-bond donors (Lipinski definition) is 2. The molecule has 1 atom stereocenters. The van der Waals surface area contributed by atoms with E-state index in [4.69, 9.17) is 5.11 Å². The normalized spacial score (nSPS) is 12.8. The van der Waals surface area contributed by atoms with Gasteiger partial charge in [0.15, 0.2) is 0 Å². The van der Waals surface area contributed by atoms with Gasteiger partial charge < -0.3 is 10.2 Å². The van der Waals surface area contributed by atoms with Crippen LogP contribution in [0.4, 0.5) is 0 Å². The van der Waals surface area contributed by atoms with Crippen molar-refractivity contribution in [2.75, 3.05) is 6.61 Å². The molecule has 1 unspecified atom stereocenters. The molecule has 0 amide bonds. The molecular weight excluding hydrogens is 176 g/mol. The molecule has 1 aromatic rings. The fourth-order valence-electron chi connectivity index (χ4n) is 1.64. The van der Waals surface area contributed by atoms with Gasteiger partial charge in [-0.3, -0.25) is 0 Å². The van der Waals surface area contributed by atoms with Gasteiger partial charge in [0.05, 0.1) is 6.10 Å². The van der Waals surface area contributed by atoms with Crippen LogP contribution >= 0.6 is 0 Å². The fourth-order valence-corrected chi connectivity index (χ4v) is 1.64. The number of benzene rings is 1. The van der Waals surface area contributed by atoms with Crippen LogP contribution in [0.3, 0.4) is 0 Å². The third-order valence-corrected chi connectivity index (χ3v) is 2.36. The molecular formula is C12H18O2. The minimum atomic E-state index is -0.386. The van der Waals surface area contributed by atoms with Crippen LogP contribution < -0.4 is 0 Å². The molecule has 0 bridgehead atoms. The standard InChI is InChI=1S/C12H18O2/c1-2-5-12(14)11-7-4-3-6-10(11)8-9-13/h3-4,6-7,12-14H,2,5,8-9H2,1H3. The maximum atomic E-state index is 9.85. The summed E-state index contributed by atoms with van der Waals surface area (Å²) in [5.74, 6) is 0. The van der Waals surface area contributed by atoms with Gasteiger partial charge in [0, 0.05) is 6.61 Å². The van der Waals surface area contributed by atoms with Crippen LogP contribution in [0.15, 0.2) is 24.3 Å². The van der Waals surface area contributed by atoms with Crippen LogP contribution in [0.25, 0.3) is 0 Å². The first-order valence-electron chi connectivity index (χ1n) is 5.16. The Kier molecular flexibility index (Phi) is 4.63. The van der Waals surface area contributed by atoms with E-state index in [0.717, 1.165) is 24.0 Å². The van der Waals surface area contributed by atoms with Crippen LogP contribution in [0.1, 0.15) is 37.0 Å². The zero-order valence-electron chi connectivity index (χ0n) is 8.61. The first-order chi connectivity index (χ1) is 6.79. The molecule has 0 saturated heterocycles. The Morgan fingerprint density at radius 3 is 2.64 bits per heavy atom. The molecule has 2 nitrogen and oxygen atoms in total. The summed E-state index contributed by atoms with van der Waals surface area (Å²) in [6.07, 6.45) is 1.98. The summed E-state index contributed by atoms with van der Waals surface area (Å²) in [6, 6.07) is 7.76. The van der Waals surface area contributed by atoms with E-state index in [1.54, 1.807) is 0 Å². The first kappa shape index (κ1) is 11.2. The van der Waals surface area contributed by atoms with Crippen molar-refractivity contribution in [3.05, 3.63) is 35.4 Å². The fraction of sp³-hybridized carbons (Fsp3) is 0.500. The van der Waals surface area contributed by atoms with Crippen molar-refractivity contribution in [2.45, 2.75) is 32.3 Å². The summed E-state index contributed by atoms with van der Waals surface area (Å²) in [6.45, 7) is 2.19. The third-order valence-electron chi connectivity index (χ3n) is 2.36. The predicted octanol–water partition coefficient (Wildman–Crippen LogP) is 2.05. The number of hydrogen-bond acceptors (Lipinski definition) is 2. The van der Waals surface area contributed by atoms with Gasteiger partial charge in [0.1, 0.15) is 0 Å². The average molecular weight is 194 g/mol. The molecule has 14 heavy (non-hydrogen) atoms. The predicted molar refractivity (Wildman–Crippen MR) is 57.1 cm³/mol. The zero-order chi connectivity index (χ0) is 10.4. The maximum absolute atomic E-state index is 9.85. The van der Waals surface area contributed by atoms with Gasteiger partial charge in [-0.15, -0.1) is 0 Å². The third kappa shape index (κ3) is 2.82. The van der Waals surface area contributed by atoms with Gasteiger partial charge in [-0.1, -0.05) is 37.6 Å². The van der Waals surface area contributed by atoms with Gasteiger partial charge in [0.2, 0.25) is 0 Å². The first-order valence-corrected chi connectivity index (χ1v) is 5.16. The molecule has 0 aliphatic carbocycles. The SMILES string of the molecule is CCCC(O)c1ccccc1CCO. The average Bonchev–Trinajstić information content (AvgIpc) is 2.19. The summed E-state index contributed by atoms with van der Waals surface area (Å²) >= 11 is 0. The van der Waals surface area contributed by atoms with Crippen molar-refractivity contribution < 1.29 is 10.2 Å². The molecule has 0 heterocycles. The molecule has 2 heteroatoms. The molecule has 0 spiro atoms. The van der Waals surface area contributed by atoms with Crippen molar-refractivity contribution in [2.24, 2.45) is 0 Å². The van der Waals surface area contributed by atoms with Gasteiger partial charge in [-0.25, -0.2) is 0 Å². The number of rotatable bonds is 5. The van der Waals surface area contributed by atoms with E-state index in [2.05, 4.69) is 6.92 Å². The van der Waals surface area contributed by atoms with Gasteiger partial charge in [0.25, 0.3) is 0 Å². The monoisotopic (exact) mass is 194 g/mol. The second-order valence-corrected chi connectivity index (χ2v) is 3.48. The highest BCUT2D eigenvalue weighted by Gasteiger charge is 2.09. The summed E-state index contributed by atoms with van der Waals surface area (Å²) in [5.41, 5.74) is 2.01. The van der Waals surface area contributed by atoms with Crippen molar-refractivity contribution in [1.82, 2.24) is 0 Å². The topological polar surface area (TPSA) is 40.5 Å². The molecule has 78 valence electrons. The van der Waals surface area contributed by atoms with E-state index in [1.807, 2.05) is 24.3 Å². The molecule has 0 saturated carbocycles. The Bertz CT molecular complexity index is 271. The molecule has 1 rings (SSSR count). The van der Waals surface area contributed by atoms with Crippen LogP contribution in [0.5, 0.6) is 0 Å². The van der Waals surface area contributed by atoms with Crippen molar-refractivity contribution in [1.29, 1.82) is 0 Å². The molecule has 2 N–H and O–H groups in total. The van der Waals surface area contributed by atoms with Crippen molar-refractivity contribution in [3.8, 4) is 0 Å². The van der Waals surface area contributed by atoms with E-state index in [-0.39, 0.29) is 12.7 Å². The highest BCUT2D eigenvalue weighted by atomic mass is 16.3. The van der Waals surface area contributed by atoms with Crippen LogP contribution in [-0.4, -0.2) is 16.8 Å². The van der Waals surface area contributed by atoms with Crippen LogP contribution in [0.2, 0.25) is 0 Å². The van der Waals surface area contributed by atoms with E-state index >= 15 is 0 Å². The highest BCUT2D eigenvalue weighted by Crippen LogP contribution is 2.22. The Balaban J connectivity index is 2.82. The van der Waals surface area contributed by atoms with E-state index < -0.39 is 0 Å². The molecule has 0 aromatic heterocycles. The summed E-state index contributed by atoms with van der Waals surface area (Å²) in [5, 5.41) is 18.7. The van der Waals surface area contributed by atoms with Crippen molar-refractivity contribution in [3.63, 3.8) is 0 Å².